The summed E-state index contributed by atoms with van der Waals surface area (Å²) in [7, 11) is 0. The molecule has 1 amide bonds. The molecule has 0 radical (unpaired) electrons. The van der Waals surface area contributed by atoms with Gasteiger partial charge in [-0.1, -0.05) is 11.6 Å². The highest BCUT2D eigenvalue weighted by atomic mass is 16.5. The van der Waals surface area contributed by atoms with Crippen LogP contribution in [0.3, 0.4) is 0 Å². The van der Waals surface area contributed by atoms with E-state index in [1.807, 2.05) is 17.9 Å². The third kappa shape index (κ3) is 4.49. The molecule has 3 aliphatic rings. The van der Waals surface area contributed by atoms with Gasteiger partial charge in [-0.3, -0.25) is 4.79 Å². The highest BCUT2D eigenvalue weighted by Gasteiger charge is 2.44. The van der Waals surface area contributed by atoms with Crippen molar-refractivity contribution in [3.05, 3.63) is 29.6 Å². The second-order valence-corrected chi connectivity index (χ2v) is 8.00. The SMILES string of the molecule is Cc1ccnc(OCC[C@H]2CO[C@H]3CN(C(=O)CC4=CCCCC4)C[C@@H]23)n1. The van der Waals surface area contributed by atoms with Crippen molar-refractivity contribution >= 4 is 5.91 Å². The lowest BCUT2D eigenvalue weighted by atomic mass is 9.91. The smallest absolute Gasteiger partial charge is 0.316 e. The number of amides is 1. The second kappa shape index (κ2) is 8.38. The van der Waals surface area contributed by atoms with Crippen LogP contribution < -0.4 is 4.74 Å². The lowest BCUT2D eigenvalue weighted by Crippen LogP contribution is -2.31. The van der Waals surface area contributed by atoms with Crippen LogP contribution >= 0.6 is 0 Å². The number of nitrogens with zero attached hydrogens (tertiary/aromatic N) is 3. The molecule has 0 bridgehead atoms. The van der Waals surface area contributed by atoms with E-state index in [0.29, 0.717) is 30.9 Å². The topological polar surface area (TPSA) is 64.6 Å². The van der Waals surface area contributed by atoms with Gasteiger partial charge in [0.25, 0.3) is 0 Å². The van der Waals surface area contributed by atoms with Crippen molar-refractivity contribution in [3.63, 3.8) is 0 Å². The largest absolute Gasteiger partial charge is 0.463 e. The van der Waals surface area contributed by atoms with Crippen molar-refractivity contribution in [2.75, 3.05) is 26.3 Å². The summed E-state index contributed by atoms with van der Waals surface area (Å²) in [5.74, 6) is 1.13. The zero-order valence-electron chi connectivity index (χ0n) is 16.1. The Morgan fingerprint density at radius 2 is 2.30 bits per heavy atom. The molecule has 0 aromatic carbocycles. The first-order chi connectivity index (χ1) is 13.2. The van der Waals surface area contributed by atoms with Crippen molar-refractivity contribution in [1.82, 2.24) is 14.9 Å². The molecule has 0 N–H and O–H groups in total. The molecular formula is C21H29N3O3. The normalized spacial score (nSPS) is 27.4. The summed E-state index contributed by atoms with van der Waals surface area (Å²) in [4.78, 5) is 23.1. The van der Waals surface area contributed by atoms with Gasteiger partial charge in [0.05, 0.1) is 19.3 Å². The molecule has 1 aliphatic carbocycles. The Bertz CT molecular complexity index is 706. The first kappa shape index (κ1) is 18.4. The number of aromatic nitrogens is 2. The molecule has 2 saturated heterocycles. The number of likely N-dealkylation sites (tertiary alicyclic amines) is 1. The monoisotopic (exact) mass is 371 g/mol. The number of carbonyl (C=O) groups excluding carboxylic acids is 1. The van der Waals surface area contributed by atoms with Gasteiger partial charge in [0, 0.05) is 37.3 Å². The van der Waals surface area contributed by atoms with E-state index in [-0.39, 0.29) is 12.0 Å². The average Bonchev–Trinajstić information content (AvgIpc) is 3.24. The zero-order valence-corrected chi connectivity index (χ0v) is 16.1. The molecule has 3 heterocycles. The summed E-state index contributed by atoms with van der Waals surface area (Å²) in [6.07, 6.45) is 10.4. The Morgan fingerprint density at radius 1 is 1.37 bits per heavy atom. The van der Waals surface area contributed by atoms with Gasteiger partial charge in [0.15, 0.2) is 0 Å². The molecule has 6 heteroatoms. The predicted molar refractivity (Wildman–Crippen MR) is 101 cm³/mol. The highest BCUT2D eigenvalue weighted by Crippen LogP contribution is 2.36. The quantitative estimate of drug-likeness (QED) is 0.720. The minimum Gasteiger partial charge on any atom is -0.463 e. The third-order valence-corrected chi connectivity index (χ3v) is 6.05. The Hall–Kier alpha value is -1.95. The molecule has 0 spiro atoms. The Kier molecular flexibility index (Phi) is 5.72. The number of hydrogen-bond donors (Lipinski definition) is 0. The summed E-state index contributed by atoms with van der Waals surface area (Å²) in [6, 6.07) is 2.30. The van der Waals surface area contributed by atoms with Gasteiger partial charge < -0.3 is 14.4 Å². The number of aryl methyl sites for hydroxylation is 1. The molecular weight excluding hydrogens is 342 g/mol. The number of carbonyl (C=O) groups is 1. The molecule has 2 aliphatic heterocycles. The molecule has 146 valence electrons. The van der Waals surface area contributed by atoms with Crippen LogP contribution in [0.1, 0.15) is 44.2 Å². The molecule has 0 unspecified atom stereocenters. The molecule has 3 atom stereocenters. The van der Waals surface area contributed by atoms with E-state index >= 15 is 0 Å². The van der Waals surface area contributed by atoms with Crippen LogP contribution in [-0.4, -0.2) is 53.2 Å². The molecule has 2 fully saturated rings. The fraction of sp³-hybridized carbons (Fsp3) is 0.667. The van der Waals surface area contributed by atoms with Crippen LogP contribution in [-0.2, 0) is 9.53 Å². The summed E-state index contributed by atoms with van der Waals surface area (Å²) in [5.41, 5.74) is 2.23. The highest BCUT2D eigenvalue weighted by molar-refractivity contribution is 5.79. The number of hydrogen-bond acceptors (Lipinski definition) is 5. The van der Waals surface area contributed by atoms with E-state index in [4.69, 9.17) is 9.47 Å². The van der Waals surface area contributed by atoms with Gasteiger partial charge in [-0.05, 0) is 51.0 Å². The fourth-order valence-electron chi connectivity index (χ4n) is 4.47. The average molecular weight is 371 g/mol. The number of fused-ring (bicyclic) bond motifs is 1. The minimum absolute atomic E-state index is 0.189. The maximum Gasteiger partial charge on any atom is 0.316 e. The third-order valence-electron chi connectivity index (χ3n) is 6.05. The molecule has 1 aromatic rings. The maximum absolute atomic E-state index is 12.7. The summed E-state index contributed by atoms with van der Waals surface area (Å²) in [5, 5.41) is 0. The lowest BCUT2D eigenvalue weighted by molar-refractivity contribution is -0.130. The van der Waals surface area contributed by atoms with Crippen molar-refractivity contribution in [1.29, 1.82) is 0 Å². The van der Waals surface area contributed by atoms with Crippen LogP contribution in [0.15, 0.2) is 23.9 Å². The van der Waals surface area contributed by atoms with Crippen molar-refractivity contribution in [3.8, 4) is 6.01 Å². The van der Waals surface area contributed by atoms with Gasteiger partial charge in [-0.15, -0.1) is 0 Å². The van der Waals surface area contributed by atoms with E-state index in [1.54, 1.807) is 6.20 Å². The van der Waals surface area contributed by atoms with Crippen LogP contribution in [0.5, 0.6) is 6.01 Å². The molecule has 0 saturated carbocycles. The van der Waals surface area contributed by atoms with Crippen molar-refractivity contribution in [2.24, 2.45) is 11.8 Å². The van der Waals surface area contributed by atoms with Gasteiger partial charge in [0.2, 0.25) is 5.91 Å². The molecule has 27 heavy (non-hydrogen) atoms. The van der Waals surface area contributed by atoms with Crippen molar-refractivity contribution < 1.29 is 14.3 Å². The number of ether oxygens (including phenoxy) is 2. The lowest BCUT2D eigenvalue weighted by Gasteiger charge is -2.21. The van der Waals surface area contributed by atoms with E-state index in [1.165, 1.54) is 18.4 Å². The number of rotatable bonds is 6. The Labute approximate surface area is 161 Å². The standard InChI is InChI=1S/C21H29N3O3/c1-15-7-9-22-21(23-15)26-10-8-17-14-27-19-13-24(12-18(17)19)20(25)11-16-5-3-2-4-6-16/h5,7,9,17-19H,2-4,6,8,10-14H2,1H3/t17-,18-,19-/m0/s1. The second-order valence-electron chi connectivity index (χ2n) is 8.00. The number of allylic oxidation sites excluding steroid dienone is 1. The molecule has 1 aromatic heterocycles. The van der Waals surface area contributed by atoms with Crippen LogP contribution in [0.4, 0.5) is 0 Å². The summed E-state index contributed by atoms with van der Waals surface area (Å²) >= 11 is 0. The van der Waals surface area contributed by atoms with E-state index < -0.39 is 0 Å². The summed E-state index contributed by atoms with van der Waals surface area (Å²) < 4.78 is 11.7. The van der Waals surface area contributed by atoms with Crippen LogP contribution in [0.2, 0.25) is 0 Å². The van der Waals surface area contributed by atoms with Crippen LogP contribution in [0.25, 0.3) is 0 Å². The van der Waals surface area contributed by atoms with Gasteiger partial charge >= 0.3 is 6.01 Å². The van der Waals surface area contributed by atoms with Crippen molar-refractivity contribution in [2.45, 2.75) is 51.6 Å². The fourth-order valence-corrected chi connectivity index (χ4v) is 4.47. The van der Waals surface area contributed by atoms with Gasteiger partial charge in [-0.25, -0.2) is 9.97 Å². The first-order valence-corrected chi connectivity index (χ1v) is 10.2. The van der Waals surface area contributed by atoms with E-state index in [2.05, 4.69) is 16.0 Å². The minimum atomic E-state index is 0.189. The zero-order chi connectivity index (χ0) is 18.6. The maximum atomic E-state index is 12.7. The van der Waals surface area contributed by atoms with Gasteiger partial charge in [0.1, 0.15) is 0 Å². The van der Waals surface area contributed by atoms with E-state index in [9.17, 15) is 4.79 Å². The molecule has 6 nitrogen and oxygen atoms in total. The summed E-state index contributed by atoms with van der Waals surface area (Å²) in [6.45, 7) is 4.84. The predicted octanol–water partition coefficient (Wildman–Crippen LogP) is 2.92. The Morgan fingerprint density at radius 3 is 3.11 bits per heavy atom. The van der Waals surface area contributed by atoms with Crippen LogP contribution in [0, 0.1) is 18.8 Å². The van der Waals surface area contributed by atoms with E-state index in [0.717, 1.165) is 44.7 Å². The Balaban J connectivity index is 1.25. The van der Waals surface area contributed by atoms with Gasteiger partial charge in [-0.2, -0.15) is 0 Å². The first-order valence-electron chi connectivity index (χ1n) is 10.2. The molecule has 4 rings (SSSR count).